The molecule has 2 aromatic rings. The van der Waals surface area contributed by atoms with Gasteiger partial charge < -0.3 is 19.9 Å². The Morgan fingerprint density at radius 2 is 2.20 bits per heavy atom. The van der Waals surface area contributed by atoms with Crippen LogP contribution < -0.4 is 14.8 Å². The Kier molecular flexibility index (Phi) is 6.01. The zero-order chi connectivity index (χ0) is 21.3. The molecule has 1 aliphatic carbocycles. The van der Waals surface area contributed by atoms with Crippen molar-refractivity contribution in [1.82, 2.24) is 5.32 Å². The topological polar surface area (TPSA) is 70.6 Å². The van der Waals surface area contributed by atoms with Crippen LogP contribution in [0.3, 0.4) is 0 Å². The van der Waals surface area contributed by atoms with Crippen molar-refractivity contribution in [3.8, 4) is 5.75 Å². The highest BCUT2D eigenvalue weighted by atomic mass is 32.2. The van der Waals surface area contributed by atoms with Crippen molar-refractivity contribution < 1.29 is 19.0 Å². The van der Waals surface area contributed by atoms with E-state index < -0.39 is 5.97 Å². The van der Waals surface area contributed by atoms with Crippen molar-refractivity contribution >= 4 is 29.7 Å². The minimum Gasteiger partial charge on any atom is -0.492 e. The number of carboxylic acids is 1. The van der Waals surface area contributed by atoms with Crippen LogP contribution in [0.4, 0.5) is 10.1 Å². The van der Waals surface area contributed by atoms with Crippen LogP contribution in [0.15, 0.2) is 41.3 Å². The summed E-state index contributed by atoms with van der Waals surface area (Å²) in [6.45, 7) is 5.38. The van der Waals surface area contributed by atoms with Gasteiger partial charge in [-0.25, -0.2) is 9.18 Å². The molecule has 158 valence electrons. The lowest BCUT2D eigenvalue weighted by atomic mass is 10.0. The Bertz CT molecular complexity index is 993. The second-order valence-corrected chi connectivity index (χ2v) is 8.82. The summed E-state index contributed by atoms with van der Waals surface area (Å²) in [6, 6.07) is 8.67. The van der Waals surface area contributed by atoms with E-state index in [9.17, 15) is 14.3 Å². The highest BCUT2D eigenvalue weighted by molar-refractivity contribution is 8.00. The molecule has 0 amide bonds. The first kappa shape index (κ1) is 20.8. The molecule has 0 saturated heterocycles. The van der Waals surface area contributed by atoms with Gasteiger partial charge in [-0.2, -0.15) is 0 Å². The van der Waals surface area contributed by atoms with Gasteiger partial charge in [0.05, 0.1) is 12.3 Å². The van der Waals surface area contributed by atoms with Crippen molar-refractivity contribution in [2.24, 2.45) is 5.92 Å². The van der Waals surface area contributed by atoms with E-state index >= 15 is 0 Å². The number of fused-ring (bicyclic) bond motifs is 3. The third-order valence-corrected chi connectivity index (χ3v) is 6.26. The average Bonchev–Trinajstić information content (AvgIpc) is 3.50. The second-order valence-electron chi connectivity index (χ2n) is 7.98. The first-order valence-electron chi connectivity index (χ1n) is 10.1. The third kappa shape index (κ3) is 4.47. The highest BCUT2D eigenvalue weighted by Crippen LogP contribution is 2.55. The normalized spacial score (nSPS) is 19.3. The molecule has 30 heavy (non-hydrogen) atoms. The van der Waals surface area contributed by atoms with Crippen molar-refractivity contribution in [3.63, 3.8) is 0 Å². The lowest BCUT2D eigenvalue weighted by Crippen LogP contribution is -2.22. The van der Waals surface area contributed by atoms with E-state index in [2.05, 4.69) is 23.9 Å². The molecule has 0 bridgehead atoms. The molecule has 1 saturated carbocycles. The van der Waals surface area contributed by atoms with Crippen molar-refractivity contribution in [3.05, 3.63) is 58.9 Å². The predicted molar refractivity (Wildman–Crippen MR) is 118 cm³/mol. The molecule has 0 radical (unpaired) electrons. The largest absolute Gasteiger partial charge is 0.492 e. The van der Waals surface area contributed by atoms with Crippen LogP contribution in [-0.4, -0.2) is 30.3 Å². The number of ether oxygens (including phenoxy) is 1. The zero-order valence-electron chi connectivity index (χ0n) is 16.9. The van der Waals surface area contributed by atoms with Gasteiger partial charge in [-0.1, -0.05) is 32.1 Å². The molecule has 2 atom stereocenters. The molecule has 7 heteroatoms. The maximum Gasteiger partial charge on any atom is 0.341 e. The van der Waals surface area contributed by atoms with E-state index in [1.807, 2.05) is 18.2 Å². The van der Waals surface area contributed by atoms with E-state index in [0.717, 1.165) is 22.4 Å². The fraction of sp³-hybridized carbons (Fsp3) is 0.348. The van der Waals surface area contributed by atoms with Gasteiger partial charge in [0.2, 0.25) is 0 Å². The van der Waals surface area contributed by atoms with Gasteiger partial charge in [0.1, 0.15) is 17.1 Å². The summed E-state index contributed by atoms with van der Waals surface area (Å²) in [5.41, 5.74) is 2.35. The summed E-state index contributed by atoms with van der Waals surface area (Å²) < 4.78 is 22.7. The van der Waals surface area contributed by atoms with Gasteiger partial charge >= 0.3 is 5.97 Å². The highest BCUT2D eigenvalue weighted by Gasteiger charge is 2.45. The maximum absolute atomic E-state index is 13.8. The van der Waals surface area contributed by atoms with Gasteiger partial charge in [0, 0.05) is 23.4 Å². The number of anilines is 1. The Hall–Kier alpha value is -2.51. The first-order chi connectivity index (χ1) is 14.4. The standard InChI is InChI=1S/C23H25FN2O3S/c1-13(2)25-9-3-4-14-10-16(24)5-8-20(14)30-26-19-7-6-17-18-11-15(18)12-29-22(17)21(19)23(27)28/h3-8,10,13,15,18,25-26H,9,11-12H2,1-2H3,(H,27,28)/b4-3-. The molecule has 2 unspecified atom stereocenters. The van der Waals surface area contributed by atoms with E-state index in [1.165, 1.54) is 24.1 Å². The van der Waals surface area contributed by atoms with Gasteiger partial charge in [0.25, 0.3) is 0 Å². The maximum atomic E-state index is 13.8. The smallest absolute Gasteiger partial charge is 0.341 e. The number of hydrogen-bond donors (Lipinski definition) is 3. The molecule has 5 nitrogen and oxygen atoms in total. The lowest BCUT2D eigenvalue weighted by Gasteiger charge is -2.21. The molecular formula is C23H25FN2O3S. The Labute approximate surface area is 179 Å². The van der Waals surface area contributed by atoms with Crippen LogP contribution in [0.2, 0.25) is 0 Å². The second kappa shape index (κ2) is 8.70. The molecule has 1 aliphatic heterocycles. The SMILES string of the molecule is CC(C)NC/C=C\c1cc(F)ccc1SNc1ccc2c(c1C(=O)O)OCC1CC21. The van der Waals surface area contributed by atoms with E-state index in [0.29, 0.717) is 42.5 Å². The molecule has 1 fully saturated rings. The number of benzene rings is 2. The Morgan fingerprint density at radius 3 is 2.97 bits per heavy atom. The molecule has 2 aliphatic rings. The number of hydrogen-bond acceptors (Lipinski definition) is 5. The monoisotopic (exact) mass is 428 g/mol. The molecule has 2 aromatic carbocycles. The molecule has 4 rings (SSSR count). The molecule has 0 aromatic heterocycles. The quantitative estimate of drug-likeness (QED) is 0.505. The predicted octanol–water partition coefficient (Wildman–Crippen LogP) is 5.15. The van der Waals surface area contributed by atoms with Gasteiger partial charge in [0.15, 0.2) is 0 Å². The van der Waals surface area contributed by atoms with E-state index in [1.54, 1.807) is 12.1 Å². The molecule has 0 spiro atoms. The fourth-order valence-electron chi connectivity index (χ4n) is 3.69. The first-order valence-corrected chi connectivity index (χ1v) is 10.9. The number of halogens is 1. The van der Waals surface area contributed by atoms with Gasteiger partial charge in [-0.15, -0.1) is 0 Å². The fourth-order valence-corrected chi connectivity index (χ4v) is 4.46. The lowest BCUT2D eigenvalue weighted by molar-refractivity contribution is 0.0692. The molecular weight excluding hydrogens is 403 g/mol. The molecule has 3 N–H and O–H groups in total. The van der Waals surface area contributed by atoms with E-state index in [-0.39, 0.29) is 11.4 Å². The van der Waals surface area contributed by atoms with Crippen LogP contribution >= 0.6 is 11.9 Å². The number of nitrogens with one attached hydrogen (secondary N) is 2. The third-order valence-electron chi connectivity index (χ3n) is 5.35. The Morgan fingerprint density at radius 1 is 1.37 bits per heavy atom. The van der Waals surface area contributed by atoms with Crippen LogP contribution in [0.25, 0.3) is 6.08 Å². The van der Waals surface area contributed by atoms with Crippen molar-refractivity contribution in [2.45, 2.75) is 37.1 Å². The number of carbonyl (C=O) groups is 1. The number of aromatic carboxylic acids is 1. The summed E-state index contributed by atoms with van der Waals surface area (Å²) in [4.78, 5) is 12.8. The van der Waals surface area contributed by atoms with Gasteiger partial charge in [-0.3, -0.25) is 0 Å². The van der Waals surface area contributed by atoms with Crippen molar-refractivity contribution in [1.29, 1.82) is 0 Å². The minimum atomic E-state index is -1.02. The summed E-state index contributed by atoms with van der Waals surface area (Å²) in [5, 5.41) is 13.1. The van der Waals surface area contributed by atoms with Crippen molar-refractivity contribution in [2.75, 3.05) is 17.9 Å². The summed E-state index contributed by atoms with van der Waals surface area (Å²) in [6.07, 6.45) is 4.87. The number of rotatable bonds is 8. The van der Waals surface area contributed by atoms with Crippen LogP contribution in [0.1, 0.15) is 47.7 Å². The number of carboxylic acid groups (broad SMARTS) is 1. The van der Waals surface area contributed by atoms with Crippen LogP contribution in [-0.2, 0) is 0 Å². The van der Waals surface area contributed by atoms with E-state index in [4.69, 9.17) is 4.74 Å². The summed E-state index contributed by atoms with van der Waals surface area (Å²) in [5.74, 6) is 0.0787. The van der Waals surface area contributed by atoms with Crippen LogP contribution in [0.5, 0.6) is 5.75 Å². The minimum absolute atomic E-state index is 0.158. The summed E-state index contributed by atoms with van der Waals surface area (Å²) >= 11 is 1.26. The Balaban J connectivity index is 1.54. The summed E-state index contributed by atoms with van der Waals surface area (Å²) in [7, 11) is 0. The van der Waals surface area contributed by atoms with Gasteiger partial charge in [-0.05, 0) is 59.7 Å². The van der Waals surface area contributed by atoms with Crippen LogP contribution in [0, 0.1) is 11.7 Å². The zero-order valence-corrected chi connectivity index (χ0v) is 17.8. The average molecular weight is 429 g/mol. The molecule has 1 heterocycles.